The molecule has 1 aromatic carbocycles. The molecule has 0 radical (unpaired) electrons. The molecule has 0 aliphatic heterocycles. The average molecular weight is 358 g/mol. The summed E-state index contributed by atoms with van der Waals surface area (Å²) in [5, 5.41) is 2.81. The Hall–Kier alpha value is -1.82. The van der Waals surface area contributed by atoms with Crippen molar-refractivity contribution in [3.8, 4) is 5.75 Å². The Labute approximate surface area is 148 Å². The maximum atomic E-state index is 12.2. The summed E-state index contributed by atoms with van der Waals surface area (Å²) >= 11 is 0. The van der Waals surface area contributed by atoms with E-state index in [1.54, 1.807) is 36.7 Å². The van der Waals surface area contributed by atoms with Crippen molar-refractivity contribution in [3.63, 3.8) is 0 Å². The number of halogens is 2. The van der Waals surface area contributed by atoms with Gasteiger partial charge in [0.15, 0.2) is 0 Å². The Morgan fingerprint density at radius 2 is 1.91 bits per heavy atom. The number of anilines is 1. The van der Waals surface area contributed by atoms with Crippen molar-refractivity contribution in [3.05, 3.63) is 53.9 Å². The summed E-state index contributed by atoms with van der Waals surface area (Å²) in [6.45, 7) is 4.30. The van der Waals surface area contributed by atoms with Crippen molar-refractivity contribution in [2.75, 3.05) is 11.9 Å². The lowest BCUT2D eigenvalue weighted by Crippen LogP contribution is -2.14. The molecule has 0 aliphatic rings. The van der Waals surface area contributed by atoms with Gasteiger partial charge < -0.3 is 15.8 Å². The highest BCUT2D eigenvalue weighted by Gasteiger charge is 2.13. The summed E-state index contributed by atoms with van der Waals surface area (Å²) in [6.07, 6.45) is 3.25. The van der Waals surface area contributed by atoms with Crippen LogP contribution in [0.5, 0.6) is 5.75 Å². The third-order valence-corrected chi connectivity index (χ3v) is 3.00. The molecule has 1 atom stereocenters. The summed E-state index contributed by atoms with van der Waals surface area (Å²) in [5.74, 6) is 0.452. The quantitative estimate of drug-likeness (QED) is 0.856. The van der Waals surface area contributed by atoms with Crippen LogP contribution in [0.15, 0.2) is 42.7 Å². The highest BCUT2D eigenvalue weighted by Crippen LogP contribution is 2.25. The molecular weight excluding hydrogens is 337 g/mol. The van der Waals surface area contributed by atoms with Crippen molar-refractivity contribution < 1.29 is 9.53 Å². The minimum Gasteiger partial charge on any atom is -0.494 e. The second kappa shape index (κ2) is 10.0. The van der Waals surface area contributed by atoms with Gasteiger partial charge in [0.2, 0.25) is 0 Å². The van der Waals surface area contributed by atoms with Crippen molar-refractivity contribution >= 4 is 36.4 Å². The number of nitrogens with zero attached hydrogens (tertiary/aromatic N) is 1. The number of rotatable bonds is 5. The van der Waals surface area contributed by atoms with Gasteiger partial charge in [0.05, 0.1) is 6.61 Å². The fourth-order valence-electron chi connectivity index (χ4n) is 1.97. The van der Waals surface area contributed by atoms with Crippen LogP contribution < -0.4 is 15.8 Å². The van der Waals surface area contributed by atoms with Gasteiger partial charge >= 0.3 is 0 Å². The number of nitrogens with two attached hydrogens (primary N) is 1. The molecule has 1 heterocycles. The van der Waals surface area contributed by atoms with Gasteiger partial charge in [-0.25, -0.2) is 0 Å². The number of hydrogen-bond acceptors (Lipinski definition) is 4. The van der Waals surface area contributed by atoms with E-state index in [-0.39, 0.29) is 36.8 Å². The third-order valence-electron chi connectivity index (χ3n) is 3.00. The summed E-state index contributed by atoms with van der Waals surface area (Å²) in [6, 6.07) is 8.62. The number of hydrogen-bond donors (Lipinski definition) is 2. The largest absolute Gasteiger partial charge is 0.494 e. The Balaban J connectivity index is 0.00000242. The van der Waals surface area contributed by atoms with Crippen LogP contribution >= 0.6 is 24.8 Å². The second-order valence-electron chi connectivity index (χ2n) is 4.66. The van der Waals surface area contributed by atoms with Crippen molar-refractivity contribution in [2.24, 2.45) is 5.73 Å². The van der Waals surface area contributed by atoms with Gasteiger partial charge in [-0.3, -0.25) is 9.78 Å². The zero-order chi connectivity index (χ0) is 15.2. The standard InChI is InChI=1S/C16H19N3O2.2ClH/c1-3-21-15-10-12(4-5-14(15)11(2)17)16(20)19-13-6-8-18-9-7-13;;/h4-11H,3,17H2,1-2H3,(H,18,19,20);2*1H/t11-;;/m1../s1. The van der Waals surface area contributed by atoms with E-state index in [1.807, 2.05) is 19.9 Å². The molecule has 0 unspecified atom stereocenters. The van der Waals surface area contributed by atoms with Crippen LogP contribution in [0.25, 0.3) is 0 Å². The summed E-state index contributed by atoms with van der Waals surface area (Å²) in [7, 11) is 0. The van der Waals surface area contributed by atoms with Gasteiger partial charge in [0, 0.05) is 35.2 Å². The van der Waals surface area contributed by atoms with E-state index in [4.69, 9.17) is 10.5 Å². The minimum absolute atomic E-state index is 0. The van der Waals surface area contributed by atoms with Crippen molar-refractivity contribution in [1.29, 1.82) is 0 Å². The van der Waals surface area contributed by atoms with Crippen LogP contribution in [0.3, 0.4) is 0 Å². The molecule has 0 saturated heterocycles. The van der Waals surface area contributed by atoms with E-state index in [1.165, 1.54) is 0 Å². The SMILES string of the molecule is CCOc1cc(C(=O)Nc2ccncc2)ccc1[C@@H](C)N.Cl.Cl. The lowest BCUT2D eigenvalue weighted by molar-refractivity contribution is 0.102. The van der Waals surface area contributed by atoms with Gasteiger partial charge in [0.25, 0.3) is 5.91 Å². The number of carbonyl (C=O) groups is 1. The van der Waals surface area contributed by atoms with E-state index in [9.17, 15) is 4.79 Å². The van der Waals surface area contributed by atoms with E-state index in [0.29, 0.717) is 23.6 Å². The molecule has 0 bridgehead atoms. The smallest absolute Gasteiger partial charge is 0.255 e. The van der Waals surface area contributed by atoms with Crippen LogP contribution in [0.1, 0.15) is 35.8 Å². The van der Waals surface area contributed by atoms with Crippen molar-refractivity contribution in [2.45, 2.75) is 19.9 Å². The van der Waals surface area contributed by atoms with Gasteiger partial charge in [0.1, 0.15) is 5.75 Å². The molecule has 3 N–H and O–H groups in total. The first-order valence-corrected chi connectivity index (χ1v) is 6.85. The molecule has 1 amide bonds. The number of nitrogens with one attached hydrogen (secondary N) is 1. The molecule has 0 saturated carbocycles. The zero-order valence-corrected chi connectivity index (χ0v) is 14.6. The zero-order valence-electron chi connectivity index (χ0n) is 13.0. The normalized spacial score (nSPS) is 10.7. The number of benzene rings is 1. The molecule has 7 heteroatoms. The number of pyridine rings is 1. The van der Waals surface area contributed by atoms with Gasteiger partial charge in [-0.05, 0) is 38.1 Å². The molecule has 1 aromatic heterocycles. The molecule has 2 rings (SSSR count). The molecule has 23 heavy (non-hydrogen) atoms. The summed E-state index contributed by atoms with van der Waals surface area (Å²) in [5.41, 5.74) is 8.02. The van der Waals surface area contributed by atoms with Crippen LogP contribution in [-0.2, 0) is 0 Å². The Bertz CT molecular complexity index is 622. The first-order valence-electron chi connectivity index (χ1n) is 6.85. The Morgan fingerprint density at radius 1 is 1.26 bits per heavy atom. The maximum Gasteiger partial charge on any atom is 0.255 e. The summed E-state index contributed by atoms with van der Waals surface area (Å²) in [4.78, 5) is 16.1. The fourth-order valence-corrected chi connectivity index (χ4v) is 1.97. The fraction of sp³-hybridized carbons (Fsp3) is 0.250. The summed E-state index contributed by atoms with van der Waals surface area (Å²) < 4.78 is 5.57. The number of aromatic nitrogens is 1. The molecule has 126 valence electrons. The van der Waals surface area contributed by atoms with Gasteiger partial charge in [-0.2, -0.15) is 0 Å². The number of ether oxygens (including phenoxy) is 1. The molecule has 2 aromatic rings. The van der Waals surface area contributed by atoms with Crippen LogP contribution in [0, 0.1) is 0 Å². The number of amides is 1. The lowest BCUT2D eigenvalue weighted by atomic mass is 10.0. The van der Waals surface area contributed by atoms with Crippen LogP contribution in [0.4, 0.5) is 5.69 Å². The van der Waals surface area contributed by atoms with Crippen LogP contribution in [0.2, 0.25) is 0 Å². The van der Waals surface area contributed by atoms with E-state index >= 15 is 0 Å². The average Bonchev–Trinajstić information content (AvgIpc) is 2.48. The molecular formula is C16H21Cl2N3O2. The first kappa shape index (κ1) is 21.2. The van der Waals surface area contributed by atoms with E-state index in [0.717, 1.165) is 5.56 Å². The van der Waals surface area contributed by atoms with Gasteiger partial charge in [-0.1, -0.05) is 6.07 Å². The third kappa shape index (κ3) is 5.71. The second-order valence-corrected chi connectivity index (χ2v) is 4.66. The van der Waals surface area contributed by atoms with Crippen molar-refractivity contribution in [1.82, 2.24) is 4.98 Å². The predicted molar refractivity (Wildman–Crippen MR) is 96.9 cm³/mol. The Morgan fingerprint density at radius 3 is 2.48 bits per heavy atom. The highest BCUT2D eigenvalue weighted by molar-refractivity contribution is 6.04. The van der Waals surface area contributed by atoms with E-state index in [2.05, 4.69) is 10.3 Å². The monoisotopic (exact) mass is 357 g/mol. The molecule has 0 fully saturated rings. The van der Waals surface area contributed by atoms with Gasteiger partial charge in [-0.15, -0.1) is 24.8 Å². The van der Waals surface area contributed by atoms with Crippen LogP contribution in [-0.4, -0.2) is 17.5 Å². The number of carbonyl (C=O) groups excluding carboxylic acids is 1. The maximum absolute atomic E-state index is 12.2. The highest BCUT2D eigenvalue weighted by atomic mass is 35.5. The minimum atomic E-state index is -0.196. The topological polar surface area (TPSA) is 77.2 Å². The van der Waals surface area contributed by atoms with E-state index < -0.39 is 0 Å². The first-order chi connectivity index (χ1) is 10.1. The lowest BCUT2D eigenvalue weighted by Gasteiger charge is -2.14. The molecule has 0 spiro atoms. The molecule has 0 aliphatic carbocycles. The predicted octanol–water partition coefficient (Wildman–Crippen LogP) is 3.60. The molecule has 5 nitrogen and oxygen atoms in total. The Kier molecular flexibility index (Phi) is 9.25.